The van der Waals surface area contributed by atoms with Crippen molar-refractivity contribution < 1.29 is 13.2 Å². The van der Waals surface area contributed by atoms with Gasteiger partial charge in [-0.3, -0.25) is 0 Å². The first-order chi connectivity index (χ1) is 13.9. The van der Waals surface area contributed by atoms with Gasteiger partial charge in [0.25, 0.3) is 0 Å². The van der Waals surface area contributed by atoms with Crippen molar-refractivity contribution in [3.8, 4) is 0 Å². The third-order valence-corrected chi connectivity index (χ3v) is 8.38. The summed E-state index contributed by atoms with van der Waals surface area (Å²) < 4.78 is 31.3. The Labute approximate surface area is 175 Å². The minimum Gasteiger partial charge on any atom is -0.372 e. The zero-order valence-electron chi connectivity index (χ0n) is 17.6. The van der Waals surface area contributed by atoms with Gasteiger partial charge in [-0.05, 0) is 70.3 Å². The molecule has 1 aliphatic rings. The van der Waals surface area contributed by atoms with Crippen molar-refractivity contribution in [1.29, 1.82) is 0 Å². The molecular weight excluding hydrogens is 382 g/mol. The van der Waals surface area contributed by atoms with E-state index in [9.17, 15) is 8.42 Å². The maximum atomic E-state index is 13.0. The van der Waals surface area contributed by atoms with Crippen molar-refractivity contribution in [2.75, 3.05) is 19.6 Å². The number of piperidine rings is 1. The summed E-state index contributed by atoms with van der Waals surface area (Å²) in [5.41, 5.74) is 1.21. The van der Waals surface area contributed by atoms with Gasteiger partial charge in [0, 0.05) is 6.54 Å². The van der Waals surface area contributed by atoms with Crippen molar-refractivity contribution in [2.24, 2.45) is 0 Å². The molecule has 1 unspecified atom stereocenters. The monoisotopic (exact) mass is 415 g/mol. The van der Waals surface area contributed by atoms with Crippen LogP contribution < -0.4 is 0 Å². The van der Waals surface area contributed by atoms with Crippen molar-refractivity contribution in [2.45, 2.75) is 61.9 Å². The van der Waals surface area contributed by atoms with E-state index in [1.165, 1.54) is 5.56 Å². The van der Waals surface area contributed by atoms with Crippen LogP contribution in [0.4, 0.5) is 0 Å². The van der Waals surface area contributed by atoms with E-state index in [4.69, 9.17) is 4.74 Å². The number of hydrogen-bond donors (Lipinski definition) is 0. The molecule has 0 aromatic heterocycles. The molecule has 0 radical (unpaired) electrons. The lowest BCUT2D eigenvalue weighted by Gasteiger charge is -2.33. The predicted octanol–water partition coefficient (Wildman–Crippen LogP) is 4.70. The number of hydrogen-bond acceptors (Lipinski definition) is 4. The maximum absolute atomic E-state index is 13.0. The Balaban J connectivity index is 1.47. The molecule has 0 spiro atoms. The number of sulfone groups is 1. The molecule has 1 fully saturated rings. The van der Waals surface area contributed by atoms with Crippen LogP contribution in [0.2, 0.25) is 0 Å². The topological polar surface area (TPSA) is 46.6 Å². The quantitative estimate of drug-likeness (QED) is 0.596. The highest BCUT2D eigenvalue weighted by Gasteiger charge is 2.35. The molecule has 1 heterocycles. The smallest absolute Gasteiger partial charge is 0.183 e. The molecule has 4 nitrogen and oxygen atoms in total. The molecule has 3 rings (SSSR count). The molecule has 158 valence electrons. The van der Waals surface area contributed by atoms with Gasteiger partial charge >= 0.3 is 0 Å². The molecule has 29 heavy (non-hydrogen) atoms. The summed E-state index contributed by atoms with van der Waals surface area (Å²) in [7, 11) is -3.33. The van der Waals surface area contributed by atoms with Crippen LogP contribution in [0.25, 0.3) is 0 Å². The average Bonchev–Trinajstić information content (AvgIpc) is 2.74. The molecule has 2 aromatic rings. The fraction of sp³-hybridized carbons (Fsp3) is 0.500. The SMILES string of the molecule is CC(C)(CCCN1CCCC(OCc2ccccc2)C1)S(=O)(=O)c1ccccc1. The van der Waals surface area contributed by atoms with Crippen LogP contribution >= 0.6 is 0 Å². The third kappa shape index (κ3) is 5.91. The number of benzene rings is 2. The van der Waals surface area contributed by atoms with E-state index in [1.807, 2.05) is 38.1 Å². The molecule has 1 saturated heterocycles. The lowest BCUT2D eigenvalue weighted by atomic mass is 10.0. The first kappa shape index (κ1) is 22.0. The van der Waals surface area contributed by atoms with Gasteiger partial charge in [-0.1, -0.05) is 48.5 Å². The van der Waals surface area contributed by atoms with Gasteiger partial charge < -0.3 is 9.64 Å². The largest absolute Gasteiger partial charge is 0.372 e. The second-order valence-electron chi connectivity index (χ2n) is 8.54. The number of ether oxygens (including phenoxy) is 1. The second kappa shape index (κ2) is 9.88. The summed E-state index contributed by atoms with van der Waals surface area (Å²) in [6, 6.07) is 19.1. The maximum Gasteiger partial charge on any atom is 0.183 e. The molecule has 1 atom stereocenters. The minimum atomic E-state index is -3.33. The summed E-state index contributed by atoms with van der Waals surface area (Å²) in [6.45, 7) is 7.25. The first-order valence-electron chi connectivity index (χ1n) is 10.6. The lowest BCUT2D eigenvalue weighted by Crippen LogP contribution is -2.41. The number of likely N-dealkylation sites (tertiary alicyclic amines) is 1. The molecule has 5 heteroatoms. The van der Waals surface area contributed by atoms with Crippen LogP contribution in [-0.4, -0.2) is 43.8 Å². The number of nitrogens with zero attached hydrogens (tertiary/aromatic N) is 1. The Morgan fingerprint density at radius 3 is 2.38 bits per heavy atom. The molecule has 0 amide bonds. The summed E-state index contributed by atoms with van der Waals surface area (Å²) in [5, 5.41) is 0. The minimum absolute atomic E-state index is 0.255. The van der Waals surface area contributed by atoms with Gasteiger partial charge in [-0.15, -0.1) is 0 Å². The van der Waals surface area contributed by atoms with Crippen molar-refractivity contribution in [3.63, 3.8) is 0 Å². The van der Waals surface area contributed by atoms with Crippen molar-refractivity contribution >= 4 is 9.84 Å². The van der Waals surface area contributed by atoms with E-state index in [0.29, 0.717) is 17.9 Å². The average molecular weight is 416 g/mol. The van der Waals surface area contributed by atoms with Gasteiger partial charge in [0.1, 0.15) is 0 Å². The van der Waals surface area contributed by atoms with Crippen LogP contribution in [0.1, 0.15) is 45.1 Å². The van der Waals surface area contributed by atoms with Gasteiger partial charge in [0.15, 0.2) is 9.84 Å². The highest BCUT2D eigenvalue weighted by Crippen LogP contribution is 2.29. The summed E-state index contributed by atoms with van der Waals surface area (Å²) in [4.78, 5) is 2.84. The predicted molar refractivity (Wildman–Crippen MR) is 118 cm³/mol. The van der Waals surface area contributed by atoms with Gasteiger partial charge in [0.05, 0.1) is 22.4 Å². The fourth-order valence-electron chi connectivity index (χ4n) is 3.92. The second-order valence-corrected chi connectivity index (χ2v) is 11.1. The van der Waals surface area contributed by atoms with Crippen LogP contribution in [0.15, 0.2) is 65.6 Å². The lowest BCUT2D eigenvalue weighted by molar-refractivity contribution is -0.0103. The van der Waals surface area contributed by atoms with Crippen LogP contribution in [0, 0.1) is 0 Å². The van der Waals surface area contributed by atoms with E-state index in [-0.39, 0.29) is 6.10 Å². The van der Waals surface area contributed by atoms with E-state index < -0.39 is 14.6 Å². The summed E-state index contributed by atoms with van der Waals surface area (Å²) >= 11 is 0. The molecule has 0 saturated carbocycles. The Morgan fingerprint density at radius 2 is 1.69 bits per heavy atom. The van der Waals surface area contributed by atoms with Gasteiger partial charge in [-0.25, -0.2) is 8.42 Å². The van der Waals surface area contributed by atoms with E-state index >= 15 is 0 Å². The van der Waals surface area contributed by atoms with Crippen LogP contribution in [-0.2, 0) is 21.2 Å². The van der Waals surface area contributed by atoms with Gasteiger partial charge in [0.2, 0.25) is 0 Å². The summed E-state index contributed by atoms with van der Waals surface area (Å²) in [6.07, 6.45) is 3.99. The molecule has 0 N–H and O–H groups in total. The molecular formula is C24H33NO3S. The molecule has 2 aromatic carbocycles. The fourth-order valence-corrected chi connectivity index (χ4v) is 5.49. The van der Waals surface area contributed by atoms with Crippen molar-refractivity contribution in [1.82, 2.24) is 4.90 Å². The van der Waals surface area contributed by atoms with E-state index in [1.54, 1.807) is 24.3 Å². The van der Waals surface area contributed by atoms with Crippen LogP contribution in [0.3, 0.4) is 0 Å². The highest BCUT2D eigenvalue weighted by atomic mass is 32.2. The van der Waals surface area contributed by atoms with Crippen LogP contribution in [0.5, 0.6) is 0 Å². The zero-order valence-corrected chi connectivity index (χ0v) is 18.4. The Kier molecular flexibility index (Phi) is 7.49. The summed E-state index contributed by atoms with van der Waals surface area (Å²) in [5.74, 6) is 0. The molecule has 0 aliphatic carbocycles. The molecule has 1 aliphatic heterocycles. The molecule has 0 bridgehead atoms. The van der Waals surface area contributed by atoms with E-state index in [2.05, 4.69) is 17.0 Å². The van der Waals surface area contributed by atoms with E-state index in [0.717, 1.165) is 38.9 Å². The Bertz CT molecular complexity index is 850. The normalized spacial score (nSPS) is 18.6. The Hall–Kier alpha value is -1.69. The standard InChI is InChI=1S/C24H33NO3S/c1-24(2,29(26,27)23-14-7-4-8-15-23)16-10-18-25-17-9-13-22(19-25)28-20-21-11-5-3-6-12-21/h3-8,11-12,14-15,22H,9-10,13,16-20H2,1-2H3. The highest BCUT2D eigenvalue weighted by molar-refractivity contribution is 7.92. The zero-order chi connectivity index (χ0) is 20.7. The van der Waals surface area contributed by atoms with Gasteiger partial charge in [-0.2, -0.15) is 0 Å². The number of rotatable bonds is 9. The first-order valence-corrected chi connectivity index (χ1v) is 12.0. The third-order valence-electron chi connectivity index (χ3n) is 5.82. The van der Waals surface area contributed by atoms with Crippen molar-refractivity contribution in [3.05, 3.63) is 66.2 Å². The Morgan fingerprint density at radius 1 is 1.03 bits per heavy atom.